The SMILES string of the molecule is C=C1CC[C@@H](C(=O)O)[C@H]2[C@H](O)C[C@@]34C[C@H]5Cc6ccccc6CSSC[C@H]6C3=C(C[C@H](C5)[C@]24C)[C@]23CC[C@H](O)[C@@]45CC#CC[C@H](C7=c8ccccc8=C[C@H]2C7=C[C@@]6(C=CC4)C53)c2cccc(c2)C2=CC=C(NCCC[C@H]1C1CCCCC1)NC2. The number of nitrogens with one attached hydrogen (secondary N) is 2. The van der Waals surface area contributed by atoms with Crippen molar-refractivity contribution in [2.75, 3.05) is 18.8 Å². The highest BCUT2D eigenvalue weighted by Gasteiger charge is 2.80. The van der Waals surface area contributed by atoms with Crippen LogP contribution in [-0.4, -0.2) is 52.3 Å². The van der Waals surface area contributed by atoms with Crippen molar-refractivity contribution < 1.29 is 20.1 Å². The van der Waals surface area contributed by atoms with Crippen LogP contribution >= 0.6 is 21.6 Å². The lowest BCUT2D eigenvalue weighted by Crippen LogP contribution is -2.71. The van der Waals surface area contributed by atoms with E-state index in [-0.39, 0.29) is 35.0 Å². The molecule has 3 aromatic rings. The topological polar surface area (TPSA) is 102 Å². The molecule has 0 amide bonds. The van der Waals surface area contributed by atoms with Gasteiger partial charge in [0.05, 0.1) is 23.9 Å². The summed E-state index contributed by atoms with van der Waals surface area (Å²) < 4.78 is 0. The average Bonchev–Trinajstić information content (AvgIpc) is 0.965. The van der Waals surface area contributed by atoms with E-state index < -0.39 is 51.7 Å². The number of dihydropyridines is 1. The lowest BCUT2D eigenvalue weighted by atomic mass is 9.27. The molecule has 17 aliphatic rings. The Morgan fingerprint density at radius 1 is 0.869 bits per heavy atom. The number of carboxylic acid groups (broad SMARTS) is 1. The number of aliphatic hydroxyl groups excluding tert-OH is 2. The fraction of sp³-hybridized carbons (Fsp3) is 0.539. The Kier molecular flexibility index (Phi) is 13.4. The van der Waals surface area contributed by atoms with Crippen LogP contribution in [0, 0.1) is 92.2 Å². The Hall–Kier alpha value is -4.91. The van der Waals surface area contributed by atoms with Crippen molar-refractivity contribution in [3.63, 3.8) is 0 Å². The van der Waals surface area contributed by atoms with Crippen LogP contribution in [0.15, 0.2) is 138 Å². The van der Waals surface area contributed by atoms with Gasteiger partial charge in [-0.25, -0.2) is 0 Å². The largest absolute Gasteiger partial charge is 0.481 e. The maximum absolute atomic E-state index is 14.6. The van der Waals surface area contributed by atoms with Gasteiger partial charge in [0.1, 0.15) is 0 Å². The predicted molar refractivity (Wildman–Crippen MR) is 342 cm³/mol. The van der Waals surface area contributed by atoms with Crippen molar-refractivity contribution in [3.05, 3.63) is 171 Å². The van der Waals surface area contributed by atoms with Gasteiger partial charge in [0.25, 0.3) is 0 Å². The number of fused-ring (bicyclic) bond motifs is 3. The highest BCUT2D eigenvalue weighted by Crippen LogP contribution is 2.85. The van der Waals surface area contributed by atoms with E-state index in [4.69, 9.17) is 6.58 Å². The number of rotatable bonds is 2. The van der Waals surface area contributed by atoms with Gasteiger partial charge in [0, 0.05) is 82.8 Å². The molecule has 436 valence electrons. The molecule has 6 nitrogen and oxygen atoms in total. The summed E-state index contributed by atoms with van der Waals surface area (Å²) in [6.07, 6.45) is 32.0. The van der Waals surface area contributed by atoms with Gasteiger partial charge in [-0.2, -0.15) is 0 Å². The van der Waals surface area contributed by atoms with Gasteiger partial charge in [-0.15, -0.1) is 11.8 Å². The lowest BCUT2D eigenvalue weighted by molar-refractivity contribution is -0.186. The van der Waals surface area contributed by atoms with Gasteiger partial charge in [-0.05, 0) is 180 Å². The first-order valence-electron chi connectivity index (χ1n) is 33.0. The van der Waals surface area contributed by atoms with Crippen molar-refractivity contribution in [3.8, 4) is 11.8 Å². The van der Waals surface area contributed by atoms with E-state index in [1.165, 1.54) is 87.1 Å². The molecule has 0 radical (unpaired) electrons. The van der Waals surface area contributed by atoms with Crippen molar-refractivity contribution in [1.82, 2.24) is 10.6 Å². The zero-order valence-electron chi connectivity index (χ0n) is 49.4. The second kappa shape index (κ2) is 20.6. The molecule has 10 aliphatic carbocycles. The molecule has 4 fully saturated rings. The van der Waals surface area contributed by atoms with Crippen LogP contribution in [-0.2, 0) is 17.0 Å². The minimum absolute atomic E-state index is 0.00848. The molecule has 20 rings (SSSR count). The van der Waals surface area contributed by atoms with E-state index in [1.807, 2.05) is 10.8 Å². The fourth-order valence-electron chi connectivity index (χ4n) is 22.9. The van der Waals surface area contributed by atoms with E-state index in [1.54, 1.807) is 11.1 Å². The summed E-state index contributed by atoms with van der Waals surface area (Å²) in [5.41, 5.74) is 12.0. The van der Waals surface area contributed by atoms with Gasteiger partial charge in [0.2, 0.25) is 0 Å². The maximum Gasteiger partial charge on any atom is 0.306 e. The summed E-state index contributed by atoms with van der Waals surface area (Å²) in [4.78, 5) is 14.6. The van der Waals surface area contributed by atoms with Gasteiger partial charge in [-0.3, -0.25) is 4.79 Å². The second-order valence-electron chi connectivity index (χ2n) is 29.2. The number of carboxylic acids is 1. The third-order valence-corrected chi connectivity index (χ3v) is 28.3. The number of benzene rings is 3. The molecule has 3 aromatic carbocycles. The zero-order valence-corrected chi connectivity index (χ0v) is 51.0. The maximum atomic E-state index is 14.6. The molecule has 16 atom stereocenters. The third-order valence-electron chi connectivity index (χ3n) is 26.0. The molecule has 4 saturated carbocycles. The van der Waals surface area contributed by atoms with Crippen molar-refractivity contribution in [2.45, 2.75) is 153 Å². The van der Waals surface area contributed by atoms with Crippen LogP contribution in [0.2, 0.25) is 0 Å². The van der Waals surface area contributed by atoms with Gasteiger partial charge in [-0.1, -0.05) is 174 Å². The summed E-state index contributed by atoms with van der Waals surface area (Å²) in [5, 5.41) is 49.1. The molecule has 8 heteroatoms. The molecular weight excluding hydrogens is 1070 g/mol. The fourth-order valence-corrected chi connectivity index (χ4v) is 25.4. The number of hydrogen-bond donors (Lipinski definition) is 5. The summed E-state index contributed by atoms with van der Waals surface area (Å²) in [6, 6.07) is 28.0. The molecule has 0 aromatic heterocycles. The molecule has 5 N–H and O–H groups in total. The van der Waals surface area contributed by atoms with Crippen LogP contribution < -0.4 is 21.1 Å². The molecule has 7 heterocycles. The Balaban J connectivity index is 0.960. The predicted octanol–water partition coefficient (Wildman–Crippen LogP) is 13.8. The molecule has 84 heavy (non-hydrogen) atoms. The van der Waals surface area contributed by atoms with Crippen molar-refractivity contribution in [1.29, 1.82) is 0 Å². The van der Waals surface area contributed by atoms with E-state index in [0.717, 1.165) is 88.2 Å². The number of carbonyl (C=O) groups is 1. The Morgan fingerprint density at radius 3 is 2.58 bits per heavy atom. The van der Waals surface area contributed by atoms with E-state index >= 15 is 0 Å². The summed E-state index contributed by atoms with van der Waals surface area (Å²) >= 11 is 0. The third kappa shape index (κ3) is 7.87. The average molecular weight is 1160 g/mol. The minimum atomic E-state index is -0.751. The van der Waals surface area contributed by atoms with Gasteiger partial charge < -0.3 is 26.0 Å². The minimum Gasteiger partial charge on any atom is -0.481 e. The first-order valence-corrected chi connectivity index (χ1v) is 35.4. The number of allylic oxidation sites excluding steroid dienone is 9. The molecule has 1 unspecified atom stereocenters. The van der Waals surface area contributed by atoms with Crippen molar-refractivity contribution in [2.24, 2.45) is 80.3 Å². The highest BCUT2D eigenvalue weighted by atomic mass is 33.1. The Bertz CT molecular complexity index is 3610. The second-order valence-corrected chi connectivity index (χ2v) is 31.7. The van der Waals surface area contributed by atoms with Gasteiger partial charge in [0.15, 0.2) is 0 Å². The molecule has 20 bridgehead atoms. The van der Waals surface area contributed by atoms with Crippen molar-refractivity contribution >= 4 is 44.8 Å². The van der Waals surface area contributed by atoms with Crippen LogP contribution in [0.4, 0.5) is 0 Å². The lowest BCUT2D eigenvalue weighted by Gasteiger charge is -2.76. The van der Waals surface area contributed by atoms with Crippen LogP contribution in [0.25, 0.3) is 17.2 Å². The normalized spacial score (nSPS) is 40.9. The van der Waals surface area contributed by atoms with Crippen LogP contribution in [0.5, 0.6) is 0 Å². The van der Waals surface area contributed by atoms with E-state index in [0.29, 0.717) is 49.9 Å². The highest BCUT2D eigenvalue weighted by molar-refractivity contribution is 8.76. The summed E-state index contributed by atoms with van der Waals surface area (Å²) in [6.45, 7) is 9.09. The Labute approximate surface area is 506 Å². The van der Waals surface area contributed by atoms with Gasteiger partial charge >= 0.3 is 5.97 Å². The van der Waals surface area contributed by atoms with Crippen LogP contribution in [0.1, 0.15) is 151 Å². The van der Waals surface area contributed by atoms with E-state index in [9.17, 15) is 20.1 Å². The number of aliphatic carboxylic acids is 1. The summed E-state index contributed by atoms with van der Waals surface area (Å²) in [5.74, 6) is 10.8. The number of hydrogen-bond acceptors (Lipinski definition) is 7. The molecule has 7 aliphatic heterocycles. The molecule has 3 spiro atoms. The van der Waals surface area contributed by atoms with E-state index in [2.05, 4.69) is 149 Å². The summed E-state index contributed by atoms with van der Waals surface area (Å²) in [7, 11) is 4.08. The molecular formula is C76H86N2O4S2. The quantitative estimate of drug-likeness (QED) is 0.0983. The molecule has 0 saturated heterocycles. The standard InChI is InChI=1S/C76H86N2O4S2/c1-46-25-27-59(70(81)82)68-64(79)42-75-40-47-35-49-17-6-7-19-54(49)44-83-84-45-63-69(75)62(39-55(36-47)72(68,75)2)76-33-29-65(80)73-30-11-10-23-57(67-58-22-9-8-18-52(58)38-61(76)60(67)41-74(63,71(73)76)32-14-31-73)51-21-12-20-50(37-51)53-26-28-66(78-43-53)77-34-13-24-56(46)48-15-4-3-5-16-48/h6-9,12,14,17-22,26,28,32,37-38,41,47-48,55-57,59,61,63-65,68,71,77-80H,1,3-5,13,15-16,23-25,27,29-31,33-36,39-40,42-45H2,2H3,(H,81,82)/t47-,55-,56+,57-,59+,61-,63-,64+,65-,68-,71?,72+,73+,74+,75-,76-/m0/s1. The Morgan fingerprint density at radius 2 is 1.73 bits per heavy atom. The first kappa shape index (κ1) is 54.5. The first-order chi connectivity index (χ1) is 41.0. The smallest absolute Gasteiger partial charge is 0.306 e. The van der Waals surface area contributed by atoms with Crippen LogP contribution in [0.3, 0.4) is 0 Å². The zero-order chi connectivity index (χ0) is 56.7. The monoisotopic (exact) mass is 1150 g/mol. The number of aliphatic hydroxyl groups is 2.